The lowest BCUT2D eigenvalue weighted by Crippen LogP contribution is -2.40. The van der Waals surface area contributed by atoms with Gasteiger partial charge in [-0.2, -0.15) is 0 Å². The number of pyridine rings is 1. The van der Waals surface area contributed by atoms with Gasteiger partial charge in [0.25, 0.3) is 11.5 Å². The van der Waals surface area contributed by atoms with E-state index in [1.165, 1.54) is 25.3 Å². The van der Waals surface area contributed by atoms with Crippen molar-refractivity contribution in [3.05, 3.63) is 34.2 Å². The molecule has 0 radical (unpaired) electrons. The fraction of sp³-hybridized carbons (Fsp3) is 0.222. The molecule has 15 heavy (non-hydrogen) atoms. The van der Waals surface area contributed by atoms with Crippen molar-refractivity contribution < 1.29 is 14.7 Å². The number of H-pyrrole nitrogens is 1. The number of carbonyl (C=O) groups excluding carboxylic acids is 1. The summed E-state index contributed by atoms with van der Waals surface area (Å²) < 4.78 is 0. The Morgan fingerprint density at radius 2 is 2.20 bits per heavy atom. The summed E-state index contributed by atoms with van der Waals surface area (Å²) in [5.41, 5.74) is -0.654. The fourth-order valence-electron chi connectivity index (χ4n) is 0.937. The maximum absolute atomic E-state index is 11.4. The van der Waals surface area contributed by atoms with Crippen LogP contribution in [-0.2, 0) is 4.79 Å². The third kappa shape index (κ3) is 2.67. The van der Waals surface area contributed by atoms with E-state index in [4.69, 9.17) is 5.11 Å². The molecule has 0 aliphatic carbocycles. The zero-order chi connectivity index (χ0) is 11.4. The minimum absolute atomic E-state index is 0.106. The molecular weight excluding hydrogens is 200 g/mol. The standard InChI is InChI=1S/C9H10N2O4/c1-5(9(14)15)11-8(13)6-3-2-4-10-7(6)12/h2-5H,1H3,(H,10,12)(H,11,13)(H,14,15). The highest BCUT2D eigenvalue weighted by Crippen LogP contribution is 1.91. The first-order valence-corrected chi connectivity index (χ1v) is 4.23. The molecule has 80 valence electrons. The Bertz CT molecular complexity index is 438. The van der Waals surface area contributed by atoms with Crippen molar-refractivity contribution in [3.8, 4) is 0 Å². The van der Waals surface area contributed by atoms with Gasteiger partial charge in [0.1, 0.15) is 11.6 Å². The van der Waals surface area contributed by atoms with Gasteiger partial charge in [0, 0.05) is 6.20 Å². The topological polar surface area (TPSA) is 99.3 Å². The normalized spacial score (nSPS) is 11.8. The number of carbonyl (C=O) groups is 2. The number of carboxylic acid groups (broad SMARTS) is 1. The number of hydrogen-bond donors (Lipinski definition) is 3. The first-order valence-electron chi connectivity index (χ1n) is 4.23. The van der Waals surface area contributed by atoms with Crippen LogP contribution in [0.1, 0.15) is 17.3 Å². The number of rotatable bonds is 3. The lowest BCUT2D eigenvalue weighted by molar-refractivity contribution is -0.138. The molecule has 1 atom stereocenters. The highest BCUT2D eigenvalue weighted by Gasteiger charge is 2.16. The minimum atomic E-state index is -1.16. The molecule has 0 aliphatic heterocycles. The van der Waals surface area contributed by atoms with Gasteiger partial charge in [0.05, 0.1) is 0 Å². The molecule has 1 rings (SSSR count). The number of aromatic amines is 1. The number of aromatic nitrogens is 1. The summed E-state index contributed by atoms with van der Waals surface area (Å²) in [5, 5.41) is 10.7. The quantitative estimate of drug-likeness (QED) is 0.630. The summed E-state index contributed by atoms with van der Waals surface area (Å²) in [4.78, 5) is 35.3. The number of carboxylic acids is 1. The van der Waals surface area contributed by atoms with E-state index in [0.717, 1.165) is 0 Å². The van der Waals surface area contributed by atoms with Gasteiger partial charge in [-0.25, -0.2) is 0 Å². The molecule has 6 heteroatoms. The van der Waals surface area contributed by atoms with Gasteiger partial charge in [-0.1, -0.05) is 0 Å². The van der Waals surface area contributed by atoms with E-state index in [2.05, 4.69) is 10.3 Å². The van der Waals surface area contributed by atoms with Crippen LogP contribution in [0.2, 0.25) is 0 Å². The lowest BCUT2D eigenvalue weighted by Gasteiger charge is -2.07. The molecule has 1 aromatic rings. The van der Waals surface area contributed by atoms with E-state index < -0.39 is 23.5 Å². The highest BCUT2D eigenvalue weighted by molar-refractivity contribution is 5.96. The van der Waals surface area contributed by atoms with Crippen molar-refractivity contribution >= 4 is 11.9 Å². The number of hydrogen-bond acceptors (Lipinski definition) is 3. The summed E-state index contributed by atoms with van der Waals surface area (Å²) in [7, 11) is 0. The number of nitrogens with one attached hydrogen (secondary N) is 2. The monoisotopic (exact) mass is 210 g/mol. The van der Waals surface area contributed by atoms with Crippen LogP contribution in [0.5, 0.6) is 0 Å². The predicted octanol–water partition coefficient (Wildman–Crippen LogP) is -0.422. The zero-order valence-electron chi connectivity index (χ0n) is 7.98. The van der Waals surface area contributed by atoms with Crippen molar-refractivity contribution in [2.24, 2.45) is 0 Å². The second kappa shape index (κ2) is 4.41. The van der Waals surface area contributed by atoms with Crippen molar-refractivity contribution in [2.75, 3.05) is 0 Å². The smallest absolute Gasteiger partial charge is 0.325 e. The van der Waals surface area contributed by atoms with Crippen molar-refractivity contribution in [1.82, 2.24) is 10.3 Å². The molecule has 6 nitrogen and oxygen atoms in total. The van der Waals surface area contributed by atoms with Gasteiger partial charge in [-0.3, -0.25) is 14.4 Å². The Hall–Kier alpha value is -2.11. The third-order valence-electron chi connectivity index (χ3n) is 1.78. The molecule has 0 saturated carbocycles. The molecular formula is C9H10N2O4. The molecule has 0 aliphatic rings. The molecule has 1 unspecified atom stereocenters. The Labute approximate surface area is 84.9 Å². The molecule has 1 aromatic heterocycles. The second-order valence-corrected chi connectivity index (χ2v) is 2.95. The number of aliphatic carboxylic acids is 1. The Morgan fingerprint density at radius 1 is 1.53 bits per heavy atom. The summed E-state index contributed by atoms with van der Waals surface area (Å²) in [6, 6.07) is 1.78. The molecule has 3 N–H and O–H groups in total. The number of amides is 1. The van der Waals surface area contributed by atoms with Crippen LogP contribution >= 0.6 is 0 Å². The summed E-state index contributed by atoms with van der Waals surface area (Å²) in [6.45, 7) is 1.32. The van der Waals surface area contributed by atoms with E-state index in [1.807, 2.05) is 0 Å². The van der Waals surface area contributed by atoms with Gasteiger partial charge in [-0.15, -0.1) is 0 Å². The Balaban J connectivity index is 2.83. The van der Waals surface area contributed by atoms with E-state index in [-0.39, 0.29) is 5.56 Å². The summed E-state index contributed by atoms with van der Waals surface area (Å²) in [5.74, 6) is -1.86. The Kier molecular flexibility index (Phi) is 3.22. The average molecular weight is 210 g/mol. The van der Waals surface area contributed by atoms with Crippen LogP contribution < -0.4 is 10.9 Å². The van der Waals surface area contributed by atoms with E-state index in [9.17, 15) is 14.4 Å². The van der Waals surface area contributed by atoms with Crippen LogP contribution in [0.25, 0.3) is 0 Å². The summed E-state index contributed by atoms with van der Waals surface area (Å²) >= 11 is 0. The molecule has 0 bridgehead atoms. The maximum atomic E-state index is 11.4. The third-order valence-corrected chi connectivity index (χ3v) is 1.78. The van der Waals surface area contributed by atoms with Gasteiger partial charge in [-0.05, 0) is 19.1 Å². The average Bonchev–Trinajstić information content (AvgIpc) is 2.18. The molecule has 0 fully saturated rings. The van der Waals surface area contributed by atoms with Gasteiger partial charge in [0.2, 0.25) is 0 Å². The van der Waals surface area contributed by atoms with Gasteiger partial charge >= 0.3 is 5.97 Å². The predicted molar refractivity (Wildman–Crippen MR) is 51.6 cm³/mol. The fourth-order valence-corrected chi connectivity index (χ4v) is 0.937. The molecule has 0 spiro atoms. The molecule has 1 heterocycles. The van der Waals surface area contributed by atoms with E-state index >= 15 is 0 Å². The van der Waals surface area contributed by atoms with Crippen LogP contribution in [0.15, 0.2) is 23.1 Å². The van der Waals surface area contributed by atoms with E-state index in [1.54, 1.807) is 0 Å². The SMILES string of the molecule is CC(NC(=O)c1ccc[nH]c1=O)C(=O)O. The first kappa shape index (κ1) is 11.0. The molecule has 0 saturated heterocycles. The zero-order valence-corrected chi connectivity index (χ0v) is 7.98. The van der Waals surface area contributed by atoms with Crippen LogP contribution in [0.4, 0.5) is 0 Å². The van der Waals surface area contributed by atoms with Crippen LogP contribution in [0.3, 0.4) is 0 Å². The van der Waals surface area contributed by atoms with Crippen molar-refractivity contribution in [2.45, 2.75) is 13.0 Å². The largest absolute Gasteiger partial charge is 0.480 e. The van der Waals surface area contributed by atoms with E-state index in [0.29, 0.717) is 0 Å². The van der Waals surface area contributed by atoms with Crippen LogP contribution in [0, 0.1) is 0 Å². The van der Waals surface area contributed by atoms with Crippen LogP contribution in [-0.4, -0.2) is 28.0 Å². The first-order chi connectivity index (χ1) is 7.02. The molecule has 0 aromatic carbocycles. The van der Waals surface area contributed by atoms with Crippen molar-refractivity contribution in [3.63, 3.8) is 0 Å². The lowest BCUT2D eigenvalue weighted by atomic mass is 10.2. The van der Waals surface area contributed by atoms with Crippen molar-refractivity contribution in [1.29, 1.82) is 0 Å². The highest BCUT2D eigenvalue weighted by atomic mass is 16.4. The van der Waals surface area contributed by atoms with Gasteiger partial charge < -0.3 is 15.4 Å². The Morgan fingerprint density at radius 3 is 2.73 bits per heavy atom. The minimum Gasteiger partial charge on any atom is -0.480 e. The second-order valence-electron chi connectivity index (χ2n) is 2.95. The molecule has 1 amide bonds. The van der Waals surface area contributed by atoms with Gasteiger partial charge in [0.15, 0.2) is 0 Å². The maximum Gasteiger partial charge on any atom is 0.325 e. The summed E-state index contributed by atoms with van der Waals surface area (Å²) in [6.07, 6.45) is 1.39.